The Morgan fingerprint density at radius 2 is 2.12 bits per heavy atom. The molecule has 0 atom stereocenters. The number of aryl methyl sites for hydroxylation is 1. The molecule has 16 heavy (non-hydrogen) atoms. The molecule has 0 aliphatic carbocycles. The van der Waals surface area contributed by atoms with Gasteiger partial charge in [0.15, 0.2) is 0 Å². The van der Waals surface area contributed by atoms with Gasteiger partial charge < -0.3 is 5.73 Å². The topological polar surface area (TPSA) is 43.8 Å². The van der Waals surface area contributed by atoms with E-state index in [0.717, 1.165) is 22.4 Å². The Labute approximate surface area is 93.7 Å². The van der Waals surface area contributed by atoms with Crippen molar-refractivity contribution in [1.82, 2.24) is 9.78 Å². The number of benzene rings is 1. The highest BCUT2D eigenvalue weighted by molar-refractivity contribution is 5.68. The van der Waals surface area contributed by atoms with Crippen molar-refractivity contribution in [3.8, 4) is 11.1 Å². The van der Waals surface area contributed by atoms with Crippen molar-refractivity contribution < 1.29 is 4.39 Å². The molecule has 1 heterocycles. The van der Waals surface area contributed by atoms with Crippen LogP contribution in [-0.4, -0.2) is 9.78 Å². The van der Waals surface area contributed by atoms with Crippen molar-refractivity contribution in [3.05, 3.63) is 41.5 Å². The van der Waals surface area contributed by atoms with Gasteiger partial charge in [-0.2, -0.15) is 5.10 Å². The van der Waals surface area contributed by atoms with Gasteiger partial charge in [-0.1, -0.05) is 6.07 Å². The van der Waals surface area contributed by atoms with Gasteiger partial charge in [0.05, 0.1) is 6.20 Å². The van der Waals surface area contributed by atoms with Crippen molar-refractivity contribution in [3.63, 3.8) is 0 Å². The maximum absolute atomic E-state index is 13.1. The molecule has 1 aromatic heterocycles. The molecule has 2 rings (SSSR count). The second-order valence-corrected chi connectivity index (χ2v) is 3.77. The Hall–Kier alpha value is -1.68. The van der Waals surface area contributed by atoms with Crippen LogP contribution in [0.3, 0.4) is 0 Å². The first kappa shape index (κ1) is 10.8. The molecule has 0 spiro atoms. The summed E-state index contributed by atoms with van der Waals surface area (Å²) < 4.78 is 14.9. The van der Waals surface area contributed by atoms with E-state index in [9.17, 15) is 4.39 Å². The maximum atomic E-state index is 13.1. The number of hydrogen-bond acceptors (Lipinski definition) is 2. The van der Waals surface area contributed by atoms with Crippen LogP contribution in [0, 0.1) is 12.7 Å². The van der Waals surface area contributed by atoms with E-state index in [1.165, 1.54) is 12.1 Å². The smallest absolute Gasteiger partial charge is 0.123 e. The van der Waals surface area contributed by atoms with Crippen molar-refractivity contribution in [2.75, 3.05) is 0 Å². The highest BCUT2D eigenvalue weighted by Gasteiger charge is 2.10. The molecule has 0 unspecified atom stereocenters. The lowest BCUT2D eigenvalue weighted by molar-refractivity contribution is 0.625. The summed E-state index contributed by atoms with van der Waals surface area (Å²) in [7, 11) is 1.88. The van der Waals surface area contributed by atoms with Crippen LogP contribution in [0.1, 0.15) is 11.3 Å². The molecular formula is C12H14FN3. The highest BCUT2D eigenvalue weighted by Crippen LogP contribution is 2.26. The van der Waals surface area contributed by atoms with Crippen LogP contribution in [0.5, 0.6) is 0 Å². The Morgan fingerprint density at radius 1 is 1.38 bits per heavy atom. The molecule has 0 aliphatic heterocycles. The fourth-order valence-corrected chi connectivity index (χ4v) is 1.76. The van der Waals surface area contributed by atoms with Gasteiger partial charge >= 0.3 is 0 Å². The van der Waals surface area contributed by atoms with Gasteiger partial charge in [0.25, 0.3) is 0 Å². The summed E-state index contributed by atoms with van der Waals surface area (Å²) >= 11 is 0. The SMILES string of the molecule is Cc1c(-c2ccc(F)cc2CN)cnn1C. The summed E-state index contributed by atoms with van der Waals surface area (Å²) in [6, 6.07) is 4.67. The van der Waals surface area contributed by atoms with Crippen LogP contribution in [0.25, 0.3) is 11.1 Å². The molecule has 84 valence electrons. The average molecular weight is 219 g/mol. The van der Waals surface area contributed by atoms with Gasteiger partial charge in [-0.15, -0.1) is 0 Å². The molecule has 0 saturated heterocycles. The van der Waals surface area contributed by atoms with Gasteiger partial charge in [0.1, 0.15) is 5.82 Å². The van der Waals surface area contributed by atoms with E-state index >= 15 is 0 Å². The Morgan fingerprint density at radius 3 is 2.69 bits per heavy atom. The lowest BCUT2D eigenvalue weighted by atomic mass is 10.0. The Balaban J connectivity index is 2.59. The van der Waals surface area contributed by atoms with Gasteiger partial charge in [0.2, 0.25) is 0 Å². The third-order valence-electron chi connectivity index (χ3n) is 2.81. The molecular weight excluding hydrogens is 205 g/mol. The maximum Gasteiger partial charge on any atom is 0.123 e. The van der Waals surface area contributed by atoms with E-state index in [2.05, 4.69) is 5.10 Å². The minimum atomic E-state index is -0.259. The lowest BCUT2D eigenvalue weighted by Crippen LogP contribution is -2.00. The largest absolute Gasteiger partial charge is 0.326 e. The molecule has 1 aromatic carbocycles. The predicted molar refractivity (Wildman–Crippen MR) is 61.2 cm³/mol. The first-order valence-electron chi connectivity index (χ1n) is 5.11. The van der Waals surface area contributed by atoms with Crippen molar-refractivity contribution in [1.29, 1.82) is 0 Å². The third-order valence-corrected chi connectivity index (χ3v) is 2.81. The van der Waals surface area contributed by atoms with E-state index in [1.54, 1.807) is 16.9 Å². The Kier molecular flexibility index (Phi) is 2.75. The number of aromatic nitrogens is 2. The first-order valence-corrected chi connectivity index (χ1v) is 5.11. The van der Waals surface area contributed by atoms with Gasteiger partial charge in [0, 0.05) is 24.8 Å². The van der Waals surface area contributed by atoms with Crippen LogP contribution in [0.15, 0.2) is 24.4 Å². The quantitative estimate of drug-likeness (QED) is 0.839. The van der Waals surface area contributed by atoms with E-state index < -0.39 is 0 Å². The first-order chi connectivity index (χ1) is 7.63. The van der Waals surface area contributed by atoms with Gasteiger partial charge in [-0.05, 0) is 30.2 Å². The second kappa shape index (κ2) is 4.06. The Bertz CT molecular complexity index is 517. The standard InChI is InChI=1S/C12H14FN3/c1-8-12(7-15-16(8)2)11-4-3-10(13)5-9(11)6-14/h3-5,7H,6,14H2,1-2H3. The van der Waals surface area contributed by atoms with E-state index in [-0.39, 0.29) is 5.82 Å². The average Bonchev–Trinajstić information content (AvgIpc) is 2.60. The highest BCUT2D eigenvalue weighted by atomic mass is 19.1. The van der Waals surface area contributed by atoms with Crippen molar-refractivity contribution >= 4 is 0 Å². The van der Waals surface area contributed by atoms with E-state index in [0.29, 0.717) is 6.54 Å². The van der Waals surface area contributed by atoms with Gasteiger partial charge in [-0.3, -0.25) is 4.68 Å². The molecule has 0 amide bonds. The fourth-order valence-electron chi connectivity index (χ4n) is 1.76. The van der Waals surface area contributed by atoms with Gasteiger partial charge in [-0.25, -0.2) is 4.39 Å². The second-order valence-electron chi connectivity index (χ2n) is 3.77. The summed E-state index contributed by atoms with van der Waals surface area (Å²) in [6.45, 7) is 2.30. The third kappa shape index (κ3) is 1.72. The summed E-state index contributed by atoms with van der Waals surface area (Å²) in [4.78, 5) is 0. The van der Waals surface area contributed by atoms with Crippen molar-refractivity contribution in [2.45, 2.75) is 13.5 Å². The minimum absolute atomic E-state index is 0.259. The van der Waals surface area contributed by atoms with Crippen molar-refractivity contribution in [2.24, 2.45) is 12.8 Å². The molecule has 0 saturated carbocycles. The predicted octanol–water partition coefficient (Wildman–Crippen LogP) is 1.99. The normalized spacial score (nSPS) is 10.8. The van der Waals surface area contributed by atoms with Crippen LogP contribution in [0.2, 0.25) is 0 Å². The van der Waals surface area contributed by atoms with Crippen LogP contribution in [0.4, 0.5) is 4.39 Å². The summed E-state index contributed by atoms with van der Waals surface area (Å²) in [5.74, 6) is -0.259. The number of rotatable bonds is 2. The molecule has 0 bridgehead atoms. The summed E-state index contributed by atoms with van der Waals surface area (Å²) in [5, 5.41) is 4.17. The lowest BCUT2D eigenvalue weighted by Gasteiger charge is -2.07. The molecule has 0 radical (unpaired) electrons. The summed E-state index contributed by atoms with van der Waals surface area (Å²) in [6.07, 6.45) is 1.78. The number of hydrogen-bond donors (Lipinski definition) is 1. The molecule has 2 aromatic rings. The van der Waals surface area contributed by atoms with E-state index in [1.807, 2.05) is 14.0 Å². The zero-order valence-corrected chi connectivity index (χ0v) is 9.37. The molecule has 0 aliphatic rings. The zero-order chi connectivity index (χ0) is 11.7. The van der Waals surface area contributed by atoms with E-state index in [4.69, 9.17) is 5.73 Å². The number of nitrogens with two attached hydrogens (primary N) is 1. The van der Waals surface area contributed by atoms with Crippen LogP contribution < -0.4 is 5.73 Å². The molecule has 3 nitrogen and oxygen atoms in total. The number of halogens is 1. The molecule has 0 fully saturated rings. The number of nitrogens with zero attached hydrogens (tertiary/aromatic N) is 2. The zero-order valence-electron chi connectivity index (χ0n) is 9.37. The molecule has 4 heteroatoms. The monoisotopic (exact) mass is 219 g/mol. The fraction of sp³-hybridized carbons (Fsp3) is 0.250. The summed E-state index contributed by atoms with van der Waals surface area (Å²) in [5.41, 5.74) is 9.42. The van der Waals surface area contributed by atoms with Crippen LogP contribution in [-0.2, 0) is 13.6 Å². The van der Waals surface area contributed by atoms with Crippen LogP contribution >= 0.6 is 0 Å². The molecule has 2 N–H and O–H groups in total. The minimum Gasteiger partial charge on any atom is -0.326 e.